The topological polar surface area (TPSA) is 43.2 Å². The first-order chi connectivity index (χ1) is 14.7. The third-order valence-electron chi connectivity index (χ3n) is 7.52. The molecule has 2 unspecified atom stereocenters. The Kier molecular flexibility index (Phi) is 6.82. The fourth-order valence-electron chi connectivity index (χ4n) is 5.70. The number of benzene rings is 1. The van der Waals surface area contributed by atoms with Crippen molar-refractivity contribution in [1.82, 2.24) is 9.91 Å². The summed E-state index contributed by atoms with van der Waals surface area (Å²) in [5.41, 5.74) is 0.363. The van der Waals surface area contributed by atoms with E-state index in [1.807, 2.05) is 5.01 Å². The Balaban J connectivity index is 1.25. The number of rotatable bonds is 5. The summed E-state index contributed by atoms with van der Waals surface area (Å²) < 4.78 is 46.2. The van der Waals surface area contributed by atoms with Gasteiger partial charge in [-0.2, -0.15) is 5.01 Å². The van der Waals surface area contributed by atoms with E-state index < -0.39 is 23.2 Å². The molecule has 0 radical (unpaired) electrons. The number of hydrogen-bond donors (Lipinski definition) is 1. The highest BCUT2D eigenvalue weighted by Crippen LogP contribution is 2.41. The SMILES string of the molecule is CC1(C)CCCC1N1CCC([NH+]([O-])N2CCC(Oc3c(F)cc(F)cc3F)CC2)CC1. The smallest absolute Gasteiger partial charge is 0.191 e. The highest BCUT2D eigenvalue weighted by atomic mass is 19.1. The Morgan fingerprint density at radius 1 is 0.968 bits per heavy atom. The average molecular weight is 442 g/mol. The lowest BCUT2D eigenvalue weighted by Gasteiger charge is -2.47. The molecule has 174 valence electrons. The van der Waals surface area contributed by atoms with Crippen molar-refractivity contribution in [3.8, 4) is 5.75 Å². The van der Waals surface area contributed by atoms with Crippen LogP contribution in [0.4, 0.5) is 13.2 Å². The number of quaternary nitrogens is 1. The lowest BCUT2D eigenvalue weighted by molar-refractivity contribution is -0.996. The van der Waals surface area contributed by atoms with Crippen molar-refractivity contribution in [1.29, 1.82) is 0 Å². The van der Waals surface area contributed by atoms with Gasteiger partial charge < -0.3 is 9.94 Å². The molecule has 2 saturated heterocycles. The van der Waals surface area contributed by atoms with Gasteiger partial charge in [-0.15, -0.1) is 0 Å². The summed E-state index contributed by atoms with van der Waals surface area (Å²) >= 11 is 0. The fourth-order valence-corrected chi connectivity index (χ4v) is 5.70. The average Bonchev–Trinajstić information content (AvgIpc) is 3.09. The van der Waals surface area contributed by atoms with Crippen molar-refractivity contribution in [2.45, 2.75) is 77.0 Å². The van der Waals surface area contributed by atoms with Gasteiger partial charge in [0, 0.05) is 56.9 Å². The van der Waals surface area contributed by atoms with E-state index in [1.165, 1.54) is 19.3 Å². The van der Waals surface area contributed by atoms with Crippen LogP contribution in [0.3, 0.4) is 0 Å². The van der Waals surface area contributed by atoms with E-state index in [4.69, 9.17) is 4.74 Å². The zero-order valence-electron chi connectivity index (χ0n) is 18.5. The van der Waals surface area contributed by atoms with Crippen molar-refractivity contribution < 1.29 is 23.1 Å². The Bertz CT molecular complexity index is 739. The lowest BCUT2D eigenvalue weighted by atomic mass is 9.85. The number of hydrogen-bond acceptors (Lipinski definition) is 4. The molecule has 0 spiro atoms. The molecule has 2 aliphatic heterocycles. The number of nitrogens with one attached hydrogen (secondary N) is 1. The molecule has 3 aliphatic rings. The van der Waals surface area contributed by atoms with Crippen molar-refractivity contribution in [2.24, 2.45) is 5.41 Å². The Morgan fingerprint density at radius 3 is 2.13 bits per heavy atom. The summed E-state index contributed by atoms with van der Waals surface area (Å²) in [4.78, 5) is 2.59. The zero-order valence-corrected chi connectivity index (χ0v) is 18.5. The van der Waals surface area contributed by atoms with E-state index in [-0.39, 0.29) is 17.3 Å². The van der Waals surface area contributed by atoms with Crippen LogP contribution in [0.5, 0.6) is 5.75 Å². The fraction of sp³-hybridized carbons (Fsp3) is 0.739. The molecule has 2 heterocycles. The van der Waals surface area contributed by atoms with Gasteiger partial charge in [0.2, 0.25) is 0 Å². The second-order valence-corrected chi connectivity index (χ2v) is 10.0. The second kappa shape index (κ2) is 9.25. The molecule has 0 aromatic heterocycles. The van der Waals surface area contributed by atoms with Crippen LogP contribution in [0.2, 0.25) is 0 Å². The maximum Gasteiger partial charge on any atom is 0.191 e. The first-order valence-corrected chi connectivity index (χ1v) is 11.6. The minimum atomic E-state index is -1.03. The van der Waals surface area contributed by atoms with E-state index in [2.05, 4.69) is 18.7 Å². The highest BCUT2D eigenvalue weighted by molar-refractivity contribution is 5.27. The van der Waals surface area contributed by atoms with Gasteiger partial charge in [0.25, 0.3) is 0 Å². The first-order valence-electron chi connectivity index (χ1n) is 11.6. The maximum absolute atomic E-state index is 13.8. The predicted octanol–water partition coefficient (Wildman–Crippen LogP) is 3.29. The van der Waals surface area contributed by atoms with Crippen molar-refractivity contribution >= 4 is 0 Å². The molecule has 1 saturated carbocycles. The molecule has 5 nitrogen and oxygen atoms in total. The number of piperidine rings is 2. The minimum Gasteiger partial charge on any atom is -0.613 e. The van der Waals surface area contributed by atoms with Crippen molar-refractivity contribution in [3.63, 3.8) is 0 Å². The summed E-state index contributed by atoms with van der Waals surface area (Å²) in [7, 11) is 0. The lowest BCUT2D eigenvalue weighted by Crippen LogP contribution is -3.18. The quantitative estimate of drug-likeness (QED) is 0.713. The molecule has 1 aromatic carbocycles. The van der Waals surface area contributed by atoms with Crippen LogP contribution >= 0.6 is 0 Å². The monoisotopic (exact) mass is 441 g/mol. The number of nitrogens with zero attached hydrogens (tertiary/aromatic N) is 2. The number of ether oxygens (including phenoxy) is 1. The van der Waals surface area contributed by atoms with E-state index >= 15 is 0 Å². The van der Waals surface area contributed by atoms with Crippen LogP contribution in [0.1, 0.15) is 58.8 Å². The number of halogens is 3. The van der Waals surface area contributed by atoms with Gasteiger partial charge in [-0.05, 0) is 18.3 Å². The van der Waals surface area contributed by atoms with Crippen LogP contribution in [0.25, 0.3) is 0 Å². The van der Waals surface area contributed by atoms with E-state index in [0.717, 1.165) is 25.9 Å². The van der Waals surface area contributed by atoms with E-state index in [9.17, 15) is 18.4 Å². The molecule has 1 N–H and O–H groups in total. The summed E-state index contributed by atoms with van der Waals surface area (Å²) in [6.45, 7) is 7.71. The van der Waals surface area contributed by atoms with Crippen molar-refractivity contribution in [3.05, 3.63) is 34.8 Å². The Hall–Kier alpha value is -1.35. The van der Waals surface area contributed by atoms with E-state index in [1.54, 1.807) is 0 Å². The Morgan fingerprint density at radius 2 is 1.58 bits per heavy atom. The van der Waals surface area contributed by atoms with Crippen LogP contribution in [0.15, 0.2) is 12.1 Å². The van der Waals surface area contributed by atoms with Gasteiger partial charge >= 0.3 is 0 Å². The summed E-state index contributed by atoms with van der Waals surface area (Å²) in [6, 6.07) is 1.93. The third-order valence-corrected chi connectivity index (χ3v) is 7.52. The third kappa shape index (κ3) is 5.02. The van der Waals surface area contributed by atoms with Gasteiger partial charge in [-0.1, -0.05) is 20.3 Å². The Labute approximate surface area is 182 Å². The standard InChI is InChI=1S/C23H34F3N3O2/c1-23(2)9-3-4-21(23)27-10-5-17(6-11-27)29(30)28-12-7-18(8-13-28)31-22-19(25)14-16(24)15-20(22)26/h14-15,17-18,21,29H,3-13H2,1-2H3. The summed E-state index contributed by atoms with van der Waals surface area (Å²) in [5.74, 6) is -3.57. The largest absolute Gasteiger partial charge is 0.613 e. The zero-order chi connectivity index (χ0) is 22.2. The normalized spacial score (nSPS) is 27.5. The molecule has 31 heavy (non-hydrogen) atoms. The number of likely N-dealkylation sites (tertiary alicyclic amines) is 1. The molecular formula is C23H34F3N3O2. The number of hydroxylamine groups is 1. The van der Waals surface area contributed by atoms with Gasteiger partial charge in [-0.3, -0.25) is 10.1 Å². The van der Waals surface area contributed by atoms with E-state index in [0.29, 0.717) is 49.5 Å². The summed E-state index contributed by atoms with van der Waals surface area (Å²) in [5, 5.41) is 15.1. The maximum atomic E-state index is 13.8. The first kappa shape index (κ1) is 22.8. The molecule has 0 bridgehead atoms. The van der Waals surface area contributed by atoms with Gasteiger partial charge in [0.05, 0.1) is 13.1 Å². The molecule has 2 atom stereocenters. The molecule has 0 amide bonds. The molecule has 4 rings (SSSR count). The highest BCUT2D eigenvalue weighted by Gasteiger charge is 2.40. The minimum absolute atomic E-state index is 0.0604. The molecule has 1 aromatic rings. The van der Waals surface area contributed by atoms with Crippen molar-refractivity contribution in [2.75, 3.05) is 26.2 Å². The van der Waals surface area contributed by atoms with Crippen LogP contribution in [0, 0.1) is 28.1 Å². The van der Waals surface area contributed by atoms with Crippen LogP contribution in [-0.2, 0) is 0 Å². The predicted molar refractivity (Wildman–Crippen MR) is 112 cm³/mol. The molecule has 8 heteroatoms. The molecular weight excluding hydrogens is 407 g/mol. The van der Waals surface area contributed by atoms with Gasteiger partial charge in [0.15, 0.2) is 17.4 Å². The van der Waals surface area contributed by atoms with Crippen LogP contribution < -0.4 is 9.91 Å². The van der Waals surface area contributed by atoms with Gasteiger partial charge in [0.1, 0.15) is 18.0 Å². The van der Waals surface area contributed by atoms with Gasteiger partial charge in [-0.25, -0.2) is 13.2 Å². The van der Waals surface area contributed by atoms with Crippen LogP contribution in [-0.4, -0.2) is 54.3 Å². The second-order valence-electron chi connectivity index (χ2n) is 10.0. The molecule has 1 aliphatic carbocycles. The summed E-state index contributed by atoms with van der Waals surface area (Å²) in [6.07, 6.45) is 6.26. The molecule has 3 fully saturated rings.